The van der Waals surface area contributed by atoms with Gasteiger partial charge < -0.3 is 0 Å². The number of carbonyl (C=O) groups excluding carboxylic acids is 1. The van der Waals surface area contributed by atoms with Crippen LogP contribution < -0.4 is 0 Å². The van der Waals surface area contributed by atoms with E-state index in [-0.39, 0.29) is 23.8 Å². The van der Waals surface area contributed by atoms with E-state index >= 15 is 0 Å². The van der Waals surface area contributed by atoms with Crippen molar-refractivity contribution in [3.8, 4) is 0 Å². The van der Waals surface area contributed by atoms with Crippen LogP contribution in [0.5, 0.6) is 0 Å². The van der Waals surface area contributed by atoms with Gasteiger partial charge in [-0.15, -0.1) is 0 Å². The van der Waals surface area contributed by atoms with Crippen LogP contribution in [0.3, 0.4) is 0 Å². The average Bonchev–Trinajstić information content (AvgIpc) is 2.16. The number of ketones is 1. The Morgan fingerprint density at radius 2 is 2.06 bits per heavy atom. The Balaban J connectivity index is 2.88. The molecular formula is C11H12F3NO. The van der Waals surface area contributed by atoms with Crippen molar-refractivity contribution < 1.29 is 18.0 Å². The predicted octanol–water partition coefficient (Wildman–Crippen LogP) is 2.87. The highest BCUT2D eigenvalue weighted by molar-refractivity contribution is 5.82. The molecule has 0 aromatic carbocycles. The summed E-state index contributed by atoms with van der Waals surface area (Å²) in [6, 6.07) is 1.81. The van der Waals surface area contributed by atoms with E-state index in [0.717, 1.165) is 18.3 Å². The zero-order valence-electron chi connectivity index (χ0n) is 9.01. The highest BCUT2D eigenvalue weighted by Crippen LogP contribution is 2.29. The zero-order chi connectivity index (χ0) is 12.3. The van der Waals surface area contributed by atoms with E-state index in [0.29, 0.717) is 0 Å². The smallest absolute Gasteiger partial charge is 0.299 e. The maximum absolute atomic E-state index is 12.4. The maximum Gasteiger partial charge on any atom is 0.416 e. The lowest BCUT2D eigenvalue weighted by Gasteiger charge is -2.08. The van der Waals surface area contributed by atoms with Gasteiger partial charge in [0.05, 0.1) is 5.56 Å². The molecule has 0 saturated carbocycles. The van der Waals surface area contributed by atoms with Crippen molar-refractivity contribution in [2.75, 3.05) is 0 Å². The van der Waals surface area contributed by atoms with E-state index in [9.17, 15) is 18.0 Å². The molecule has 2 nitrogen and oxygen atoms in total. The van der Waals surface area contributed by atoms with Gasteiger partial charge in [-0.3, -0.25) is 9.78 Å². The van der Waals surface area contributed by atoms with Crippen LogP contribution in [0.25, 0.3) is 0 Å². The van der Waals surface area contributed by atoms with Crippen molar-refractivity contribution in [2.45, 2.75) is 26.4 Å². The van der Waals surface area contributed by atoms with Crippen LogP contribution in [0.2, 0.25) is 0 Å². The molecule has 0 aliphatic carbocycles. The van der Waals surface area contributed by atoms with Gasteiger partial charge in [-0.05, 0) is 12.1 Å². The van der Waals surface area contributed by atoms with E-state index in [4.69, 9.17) is 0 Å². The van der Waals surface area contributed by atoms with Gasteiger partial charge in [0, 0.05) is 24.2 Å². The van der Waals surface area contributed by atoms with E-state index in [2.05, 4.69) is 4.98 Å². The molecule has 0 N–H and O–H groups in total. The normalized spacial score (nSPS) is 11.9. The second-order valence-electron chi connectivity index (χ2n) is 3.83. The summed E-state index contributed by atoms with van der Waals surface area (Å²) in [5.74, 6) is -0.317. The Bertz CT molecular complexity index is 385. The maximum atomic E-state index is 12.4. The number of rotatable bonds is 3. The minimum absolute atomic E-state index is 0.0540. The number of hydrogen-bond donors (Lipinski definition) is 0. The quantitative estimate of drug-likeness (QED) is 0.800. The molecule has 1 aromatic heterocycles. The van der Waals surface area contributed by atoms with E-state index in [1.54, 1.807) is 13.8 Å². The lowest BCUT2D eigenvalue weighted by atomic mass is 10.0. The molecule has 0 atom stereocenters. The molecule has 5 heteroatoms. The molecule has 0 fully saturated rings. The Morgan fingerprint density at radius 3 is 2.56 bits per heavy atom. The Labute approximate surface area is 91.5 Å². The molecule has 1 heterocycles. The van der Waals surface area contributed by atoms with Crippen LogP contribution in [0.4, 0.5) is 13.2 Å². The van der Waals surface area contributed by atoms with Crippen molar-refractivity contribution >= 4 is 5.78 Å². The fraction of sp³-hybridized carbons (Fsp3) is 0.455. The molecule has 16 heavy (non-hydrogen) atoms. The summed E-state index contributed by atoms with van der Waals surface area (Å²) in [5, 5.41) is 0. The summed E-state index contributed by atoms with van der Waals surface area (Å²) < 4.78 is 37.1. The van der Waals surface area contributed by atoms with Crippen molar-refractivity contribution in [1.82, 2.24) is 4.98 Å². The molecule has 0 radical (unpaired) electrons. The first kappa shape index (κ1) is 12.7. The lowest BCUT2D eigenvalue weighted by Crippen LogP contribution is -2.13. The number of alkyl halides is 3. The number of halogens is 3. The number of Topliss-reactive ketones (excluding diaryl/α,β-unsaturated/α-hetero) is 1. The number of nitrogens with zero attached hydrogens (tertiary/aromatic N) is 1. The van der Waals surface area contributed by atoms with Crippen molar-refractivity contribution in [3.63, 3.8) is 0 Å². The van der Waals surface area contributed by atoms with Crippen LogP contribution in [-0.4, -0.2) is 10.8 Å². The molecule has 1 aromatic rings. The summed E-state index contributed by atoms with van der Waals surface area (Å²) in [6.45, 7) is 3.41. The van der Waals surface area contributed by atoms with Crippen LogP contribution in [-0.2, 0) is 17.4 Å². The molecule has 0 bridgehead atoms. The van der Waals surface area contributed by atoms with Gasteiger partial charge >= 0.3 is 6.18 Å². The van der Waals surface area contributed by atoms with Gasteiger partial charge in [0.1, 0.15) is 5.78 Å². The number of aromatic nitrogens is 1. The monoisotopic (exact) mass is 231 g/mol. The molecule has 88 valence electrons. The van der Waals surface area contributed by atoms with Crippen LogP contribution in [0.1, 0.15) is 25.1 Å². The van der Waals surface area contributed by atoms with Gasteiger partial charge in [-0.1, -0.05) is 13.8 Å². The molecule has 0 aliphatic rings. The third kappa shape index (κ3) is 3.32. The Morgan fingerprint density at radius 1 is 1.44 bits per heavy atom. The standard InChI is InChI=1S/C11H12F3NO/c1-7(2)10(16)6-9-5-8(3-4-15-9)11(12,13)14/h3-5,7H,6H2,1-2H3. The highest BCUT2D eigenvalue weighted by atomic mass is 19.4. The lowest BCUT2D eigenvalue weighted by molar-refractivity contribution is -0.137. The van der Waals surface area contributed by atoms with Crippen LogP contribution in [0.15, 0.2) is 18.3 Å². The number of carbonyl (C=O) groups is 1. The topological polar surface area (TPSA) is 30.0 Å². The minimum atomic E-state index is -4.39. The second-order valence-corrected chi connectivity index (χ2v) is 3.83. The summed E-state index contributed by atoms with van der Waals surface area (Å²) in [6.07, 6.45) is -3.37. The molecule has 0 spiro atoms. The molecule has 0 saturated heterocycles. The fourth-order valence-electron chi connectivity index (χ4n) is 1.13. The zero-order valence-corrected chi connectivity index (χ0v) is 9.01. The molecule has 0 unspecified atom stereocenters. The van der Waals surface area contributed by atoms with Gasteiger partial charge in [-0.25, -0.2) is 0 Å². The first-order valence-electron chi connectivity index (χ1n) is 4.85. The molecule has 0 amide bonds. The Kier molecular flexibility index (Phi) is 3.67. The predicted molar refractivity (Wildman–Crippen MR) is 52.8 cm³/mol. The van der Waals surface area contributed by atoms with Crippen LogP contribution in [0, 0.1) is 5.92 Å². The van der Waals surface area contributed by atoms with Gasteiger partial charge in [0.25, 0.3) is 0 Å². The van der Waals surface area contributed by atoms with Crippen molar-refractivity contribution in [1.29, 1.82) is 0 Å². The largest absolute Gasteiger partial charge is 0.416 e. The van der Waals surface area contributed by atoms with Crippen molar-refractivity contribution in [2.24, 2.45) is 5.92 Å². The van der Waals surface area contributed by atoms with E-state index < -0.39 is 11.7 Å². The van der Waals surface area contributed by atoms with Crippen molar-refractivity contribution in [3.05, 3.63) is 29.6 Å². The third-order valence-corrected chi connectivity index (χ3v) is 2.14. The summed E-state index contributed by atoms with van der Waals surface area (Å²) in [5.41, 5.74) is -0.609. The fourth-order valence-corrected chi connectivity index (χ4v) is 1.13. The second kappa shape index (κ2) is 4.63. The first-order chi connectivity index (χ1) is 7.30. The SMILES string of the molecule is CC(C)C(=O)Cc1cc(C(F)(F)F)ccn1. The van der Waals surface area contributed by atoms with Gasteiger partial charge in [-0.2, -0.15) is 13.2 Å². The van der Waals surface area contributed by atoms with Gasteiger partial charge in [0.15, 0.2) is 0 Å². The summed E-state index contributed by atoms with van der Waals surface area (Å²) >= 11 is 0. The number of hydrogen-bond acceptors (Lipinski definition) is 2. The highest BCUT2D eigenvalue weighted by Gasteiger charge is 2.30. The molecule has 1 rings (SSSR count). The minimum Gasteiger partial charge on any atom is -0.299 e. The van der Waals surface area contributed by atoms with E-state index in [1.165, 1.54) is 0 Å². The first-order valence-corrected chi connectivity index (χ1v) is 4.85. The average molecular weight is 231 g/mol. The molecule has 0 aliphatic heterocycles. The third-order valence-electron chi connectivity index (χ3n) is 2.14. The van der Waals surface area contributed by atoms with Crippen LogP contribution >= 0.6 is 0 Å². The Hall–Kier alpha value is -1.39. The van der Waals surface area contributed by atoms with E-state index in [1.807, 2.05) is 0 Å². The van der Waals surface area contributed by atoms with Gasteiger partial charge in [0.2, 0.25) is 0 Å². The summed E-state index contributed by atoms with van der Waals surface area (Å²) in [4.78, 5) is 15.1. The molecular weight excluding hydrogens is 219 g/mol. The summed E-state index contributed by atoms with van der Waals surface area (Å²) in [7, 11) is 0. The number of pyridine rings is 1.